The number of ether oxygens (including phenoxy) is 2. The zero-order valence-electron chi connectivity index (χ0n) is 11.6. The van der Waals surface area contributed by atoms with E-state index in [1.807, 2.05) is 0 Å². The van der Waals surface area contributed by atoms with Gasteiger partial charge in [0, 0.05) is 20.3 Å². The summed E-state index contributed by atoms with van der Waals surface area (Å²) < 4.78 is 10.6. The highest BCUT2D eigenvalue weighted by Gasteiger charge is 2.12. The molecular formula is C13H29NO2. The smallest absolute Gasteiger partial charge is 0.0587 e. The van der Waals surface area contributed by atoms with E-state index in [0.29, 0.717) is 17.9 Å². The minimum absolute atomic E-state index is 0.342. The van der Waals surface area contributed by atoms with Crippen molar-refractivity contribution >= 4 is 0 Å². The molecule has 0 radical (unpaired) electrons. The maximum Gasteiger partial charge on any atom is 0.0587 e. The third-order valence-electron chi connectivity index (χ3n) is 2.77. The van der Waals surface area contributed by atoms with Crippen LogP contribution in [0.3, 0.4) is 0 Å². The van der Waals surface area contributed by atoms with Gasteiger partial charge >= 0.3 is 0 Å². The maximum absolute atomic E-state index is 5.60. The molecule has 0 aliphatic carbocycles. The minimum Gasteiger partial charge on any atom is -0.383 e. The lowest BCUT2D eigenvalue weighted by molar-refractivity contribution is 0.0637. The summed E-state index contributed by atoms with van der Waals surface area (Å²) in [5, 5.41) is 3.43. The molecule has 3 nitrogen and oxygen atoms in total. The van der Waals surface area contributed by atoms with E-state index in [4.69, 9.17) is 9.47 Å². The summed E-state index contributed by atoms with van der Waals surface area (Å²) in [4.78, 5) is 0. The van der Waals surface area contributed by atoms with Gasteiger partial charge in [0.1, 0.15) is 0 Å². The van der Waals surface area contributed by atoms with E-state index < -0.39 is 0 Å². The molecule has 0 rings (SSSR count). The van der Waals surface area contributed by atoms with Crippen LogP contribution in [0.15, 0.2) is 0 Å². The lowest BCUT2D eigenvalue weighted by Crippen LogP contribution is -2.29. The summed E-state index contributed by atoms with van der Waals surface area (Å²) in [5.41, 5.74) is 0. The van der Waals surface area contributed by atoms with Crippen molar-refractivity contribution in [2.24, 2.45) is 11.8 Å². The van der Waals surface area contributed by atoms with Crippen molar-refractivity contribution < 1.29 is 9.47 Å². The first-order chi connectivity index (χ1) is 7.57. The zero-order valence-corrected chi connectivity index (χ0v) is 11.6. The third kappa shape index (κ3) is 9.13. The van der Waals surface area contributed by atoms with Gasteiger partial charge in [-0.1, -0.05) is 13.8 Å². The molecule has 0 aliphatic rings. The molecule has 0 bridgehead atoms. The van der Waals surface area contributed by atoms with Gasteiger partial charge in [-0.2, -0.15) is 0 Å². The van der Waals surface area contributed by atoms with Gasteiger partial charge in [-0.25, -0.2) is 0 Å². The van der Waals surface area contributed by atoms with Crippen molar-refractivity contribution in [3.8, 4) is 0 Å². The van der Waals surface area contributed by atoms with E-state index in [0.717, 1.165) is 32.7 Å². The second-order valence-corrected chi connectivity index (χ2v) is 4.91. The molecule has 1 atom stereocenters. The molecule has 0 heterocycles. The third-order valence-corrected chi connectivity index (χ3v) is 2.77. The van der Waals surface area contributed by atoms with Gasteiger partial charge in [0.15, 0.2) is 0 Å². The average molecular weight is 231 g/mol. The first kappa shape index (κ1) is 15.9. The Balaban J connectivity index is 3.63. The van der Waals surface area contributed by atoms with Crippen molar-refractivity contribution in [2.75, 3.05) is 33.4 Å². The van der Waals surface area contributed by atoms with E-state index >= 15 is 0 Å². The van der Waals surface area contributed by atoms with Crippen LogP contribution in [0.5, 0.6) is 0 Å². The van der Waals surface area contributed by atoms with E-state index in [9.17, 15) is 0 Å². The molecule has 0 aliphatic heterocycles. The second-order valence-electron chi connectivity index (χ2n) is 4.91. The van der Waals surface area contributed by atoms with Gasteiger partial charge < -0.3 is 14.8 Å². The molecule has 1 N–H and O–H groups in total. The Morgan fingerprint density at radius 1 is 1.06 bits per heavy atom. The van der Waals surface area contributed by atoms with Gasteiger partial charge in [-0.15, -0.1) is 0 Å². The average Bonchev–Trinajstić information content (AvgIpc) is 2.20. The molecule has 98 valence electrons. The second kappa shape index (κ2) is 10.1. The van der Waals surface area contributed by atoms with Gasteiger partial charge in [0.2, 0.25) is 0 Å². The number of hydrogen-bond acceptors (Lipinski definition) is 3. The summed E-state index contributed by atoms with van der Waals surface area (Å²) in [7, 11) is 1.73. The highest BCUT2D eigenvalue weighted by molar-refractivity contribution is 4.66. The Kier molecular flexibility index (Phi) is 9.99. The van der Waals surface area contributed by atoms with Crippen LogP contribution in [0.4, 0.5) is 0 Å². The summed E-state index contributed by atoms with van der Waals surface area (Å²) in [6.07, 6.45) is 1.48. The quantitative estimate of drug-likeness (QED) is 0.585. The van der Waals surface area contributed by atoms with Gasteiger partial charge in [0.05, 0.1) is 12.7 Å². The highest BCUT2D eigenvalue weighted by atomic mass is 16.5. The van der Waals surface area contributed by atoms with Crippen LogP contribution in [0.25, 0.3) is 0 Å². The van der Waals surface area contributed by atoms with Crippen LogP contribution in [-0.2, 0) is 9.47 Å². The fraction of sp³-hybridized carbons (Fsp3) is 1.00. The number of hydrogen-bond donors (Lipinski definition) is 1. The lowest BCUT2D eigenvalue weighted by atomic mass is 9.93. The van der Waals surface area contributed by atoms with Crippen LogP contribution in [0.2, 0.25) is 0 Å². The van der Waals surface area contributed by atoms with E-state index in [1.54, 1.807) is 7.11 Å². The molecule has 0 saturated carbocycles. The Morgan fingerprint density at radius 3 is 2.25 bits per heavy atom. The molecule has 0 aromatic heterocycles. The van der Waals surface area contributed by atoms with Crippen LogP contribution < -0.4 is 5.32 Å². The van der Waals surface area contributed by atoms with Crippen molar-refractivity contribution in [1.29, 1.82) is 0 Å². The van der Waals surface area contributed by atoms with Crippen molar-refractivity contribution in [3.05, 3.63) is 0 Å². The molecule has 0 amide bonds. The minimum atomic E-state index is 0.342. The fourth-order valence-electron chi connectivity index (χ4n) is 1.59. The van der Waals surface area contributed by atoms with Crippen molar-refractivity contribution in [1.82, 2.24) is 5.32 Å². The molecule has 1 unspecified atom stereocenters. The number of nitrogens with one attached hydrogen (secondary N) is 1. The number of methoxy groups -OCH3 is 1. The molecular weight excluding hydrogens is 202 g/mol. The van der Waals surface area contributed by atoms with Gasteiger partial charge in [0.25, 0.3) is 0 Å². The summed E-state index contributed by atoms with van der Waals surface area (Å²) >= 11 is 0. The Hall–Kier alpha value is -0.120. The van der Waals surface area contributed by atoms with E-state index in [-0.39, 0.29) is 0 Å². The van der Waals surface area contributed by atoms with Crippen molar-refractivity contribution in [3.63, 3.8) is 0 Å². The van der Waals surface area contributed by atoms with Crippen LogP contribution in [-0.4, -0.2) is 39.5 Å². The van der Waals surface area contributed by atoms with Gasteiger partial charge in [-0.3, -0.25) is 0 Å². The number of rotatable bonds is 10. The van der Waals surface area contributed by atoms with Crippen LogP contribution >= 0.6 is 0 Å². The summed E-state index contributed by atoms with van der Waals surface area (Å²) in [6.45, 7) is 12.4. The predicted molar refractivity (Wildman–Crippen MR) is 68.8 cm³/mol. The van der Waals surface area contributed by atoms with Crippen LogP contribution in [0.1, 0.15) is 34.1 Å². The Bertz CT molecular complexity index is 149. The monoisotopic (exact) mass is 231 g/mol. The molecule has 0 fully saturated rings. The summed E-state index contributed by atoms with van der Waals surface area (Å²) in [6, 6.07) is 0. The Morgan fingerprint density at radius 2 is 1.75 bits per heavy atom. The predicted octanol–water partition coefficient (Wildman–Crippen LogP) is 2.31. The molecule has 16 heavy (non-hydrogen) atoms. The fourth-order valence-corrected chi connectivity index (χ4v) is 1.59. The van der Waals surface area contributed by atoms with Crippen molar-refractivity contribution in [2.45, 2.75) is 40.2 Å². The molecule has 0 aromatic rings. The van der Waals surface area contributed by atoms with Gasteiger partial charge in [-0.05, 0) is 38.6 Å². The normalized spacial score (nSPS) is 13.7. The lowest BCUT2D eigenvalue weighted by Gasteiger charge is -2.22. The van der Waals surface area contributed by atoms with E-state index in [1.165, 1.54) is 0 Å². The maximum atomic E-state index is 5.60. The molecule has 0 saturated heterocycles. The van der Waals surface area contributed by atoms with E-state index in [2.05, 4.69) is 33.0 Å². The highest BCUT2D eigenvalue weighted by Crippen LogP contribution is 2.14. The topological polar surface area (TPSA) is 30.5 Å². The molecule has 0 aromatic carbocycles. The zero-order chi connectivity index (χ0) is 12.4. The molecule has 3 heteroatoms. The molecule has 0 spiro atoms. The first-order valence-corrected chi connectivity index (χ1v) is 6.39. The van der Waals surface area contributed by atoms with Crippen LogP contribution in [0, 0.1) is 11.8 Å². The first-order valence-electron chi connectivity index (χ1n) is 6.39. The summed E-state index contributed by atoms with van der Waals surface area (Å²) in [5.74, 6) is 1.39. The SMILES string of the molecule is COCCNCC(CCOC(C)C)C(C)C. The largest absolute Gasteiger partial charge is 0.383 e. The Labute approximate surface area is 101 Å². The standard InChI is InChI=1S/C13H29NO2/c1-11(2)13(6-8-16-12(3)4)10-14-7-9-15-5/h11-14H,6-10H2,1-5H3.